The minimum atomic E-state index is 0.433. The van der Waals surface area contributed by atoms with E-state index in [9.17, 15) is 0 Å². The van der Waals surface area contributed by atoms with Crippen molar-refractivity contribution in [3.8, 4) is 11.3 Å². The predicted molar refractivity (Wildman–Crippen MR) is 66.5 cm³/mol. The summed E-state index contributed by atoms with van der Waals surface area (Å²) in [5.74, 6) is 0. The molecule has 0 saturated heterocycles. The van der Waals surface area contributed by atoms with Gasteiger partial charge < -0.3 is 5.21 Å². The molecule has 0 saturated carbocycles. The lowest BCUT2D eigenvalue weighted by Gasteiger charge is -2.06. The van der Waals surface area contributed by atoms with Gasteiger partial charge in [-0.1, -0.05) is 16.8 Å². The molecule has 0 aromatic carbocycles. The molecule has 0 unspecified atom stereocenters. The molecule has 1 N–H and O–H groups in total. The molecule has 0 amide bonds. The van der Waals surface area contributed by atoms with Gasteiger partial charge in [0, 0.05) is 23.0 Å². The Morgan fingerprint density at radius 3 is 2.82 bits per heavy atom. The lowest BCUT2D eigenvalue weighted by Crippen LogP contribution is -2.02. The molecule has 4 nitrogen and oxygen atoms in total. The molecule has 86 valence electrons. The molecule has 0 fully saturated rings. The van der Waals surface area contributed by atoms with E-state index in [0.29, 0.717) is 22.1 Å². The van der Waals surface area contributed by atoms with Crippen LogP contribution in [0.3, 0.4) is 0 Å². The van der Waals surface area contributed by atoms with E-state index >= 15 is 0 Å². The molecule has 17 heavy (non-hydrogen) atoms. The smallest absolute Gasteiger partial charge is 0.103 e. The van der Waals surface area contributed by atoms with Crippen LogP contribution in [0, 0.1) is 0 Å². The first kappa shape index (κ1) is 11.5. The number of hydrogen-bond donors (Lipinski definition) is 1. The second-order valence-corrected chi connectivity index (χ2v) is 3.88. The van der Waals surface area contributed by atoms with Gasteiger partial charge in [-0.3, -0.25) is 9.97 Å². The molecule has 0 spiro atoms. The van der Waals surface area contributed by atoms with E-state index in [1.54, 1.807) is 37.5 Å². The normalized spacial score (nSPS) is 11.5. The van der Waals surface area contributed by atoms with Crippen molar-refractivity contribution in [2.24, 2.45) is 5.16 Å². The van der Waals surface area contributed by atoms with Gasteiger partial charge in [-0.05, 0) is 31.2 Å². The van der Waals surface area contributed by atoms with Crippen LogP contribution in [0.25, 0.3) is 11.3 Å². The Morgan fingerprint density at radius 2 is 2.12 bits per heavy atom. The molecule has 2 aromatic rings. The van der Waals surface area contributed by atoms with Crippen molar-refractivity contribution in [1.82, 2.24) is 9.97 Å². The van der Waals surface area contributed by atoms with E-state index in [4.69, 9.17) is 16.8 Å². The Bertz CT molecular complexity index is 569. The van der Waals surface area contributed by atoms with Crippen LogP contribution < -0.4 is 0 Å². The van der Waals surface area contributed by atoms with Crippen LogP contribution in [0.1, 0.15) is 12.6 Å². The topological polar surface area (TPSA) is 58.4 Å². The number of aromatic nitrogens is 2. The quantitative estimate of drug-likeness (QED) is 0.504. The van der Waals surface area contributed by atoms with Gasteiger partial charge in [-0.15, -0.1) is 0 Å². The number of nitrogens with zero attached hydrogens (tertiary/aromatic N) is 3. The van der Waals surface area contributed by atoms with Gasteiger partial charge in [-0.25, -0.2) is 0 Å². The van der Waals surface area contributed by atoms with Gasteiger partial charge in [0.15, 0.2) is 0 Å². The van der Waals surface area contributed by atoms with Crippen LogP contribution in [0.5, 0.6) is 0 Å². The molecule has 2 aromatic heterocycles. The molecule has 2 rings (SSSR count). The highest BCUT2D eigenvalue weighted by Crippen LogP contribution is 2.22. The number of pyridine rings is 2. The lowest BCUT2D eigenvalue weighted by atomic mass is 10.1. The summed E-state index contributed by atoms with van der Waals surface area (Å²) in [4.78, 5) is 8.41. The molecule has 0 aliphatic heterocycles. The second kappa shape index (κ2) is 4.93. The molecule has 5 heteroatoms. The van der Waals surface area contributed by atoms with Gasteiger partial charge in [0.1, 0.15) is 5.71 Å². The monoisotopic (exact) mass is 247 g/mol. The van der Waals surface area contributed by atoms with Crippen molar-refractivity contribution in [2.75, 3.05) is 0 Å². The minimum absolute atomic E-state index is 0.433. The Balaban J connectivity index is 2.60. The largest absolute Gasteiger partial charge is 0.411 e. The third-order valence-electron chi connectivity index (χ3n) is 2.30. The van der Waals surface area contributed by atoms with E-state index in [1.165, 1.54) is 0 Å². The van der Waals surface area contributed by atoms with Crippen molar-refractivity contribution < 1.29 is 5.21 Å². The van der Waals surface area contributed by atoms with E-state index in [0.717, 1.165) is 5.56 Å². The highest BCUT2D eigenvalue weighted by atomic mass is 35.5. The summed E-state index contributed by atoms with van der Waals surface area (Å²) in [5, 5.41) is 12.6. The zero-order valence-electron chi connectivity index (χ0n) is 9.13. The Morgan fingerprint density at radius 1 is 1.29 bits per heavy atom. The summed E-state index contributed by atoms with van der Waals surface area (Å²) in [6.45, 7) is 1.68. The Labute approximate surface area is 104 Å². The maximum Gasteiger partial charge on any atom is 0.103 e. The third kappa shape index (κ3) is 2.42. The molecular formula is C12H10ClN3O. The van der Waals surface area contributed by atoms with Crippen molar-refractivity contribution in [2.45, 2.75) is 6.92 Å². The molecule has 0 radical (unpaired) electrons. The highest BCUT2D eigenvalue weighted by Gasteiger charge is 2.10. The number of hydrogen-bond acceptors (Lipinski definition) is 4. The zero-order valence-corrected chi connectivity index (χ0v) is 9.89. The number of halogens is 1. The summed E-state index contributed by atoms with van der Waals surface area (Å²) >= 11 is 5.92. The van der Waals surface area contributed by atoms with Crippen molar-refractivity contribution in [1.29, 1.82) is 0 Å². The molecule has 0 aliphatic carbocycles. The Hall–Kier alpha value is -1.94. The first-order valence-corrected chi connectivity index (χ1v) is 5.36. The van der Waals surface area contributed by atoms with Crippen LogP contribution in [0.15, 0.2) is 41.8 Å². The molecule has 0 atom stereocenters. The standard InChI is InChI=1S/C12H10ClN3O/c1-8(16-17)12-10(3-2-5-15-12)11-7-9(13)4-6-14-11/h2-7,17H,1H3/b16-8+. The van der Waals surface area contributed by atoms with Crippen molar-refractivity contribution in [3.05, 3.63) is 47.4 Å². The summed E-state index contributed by atoms with van der Waals surface area (Å²) in [5.41, 5.74) is 2.50. The van der Waals surface area contributed by atoms with Crippen LogP contribution in [-0.4, -0.2) is 20.9 Å². The average molecular weight is 248 g/mol. The maximum atomic E-state index is 8.82. The summed E-state index contributed by atoms with van der Waals surface area (Å²) in [6.07, 6.45) is 3.26. The highest BCUT2D eigenvalue weighted by molar-refractivity contribution is 6.30. The summed E-state index contributed by atoms with van der Waals surface area (Å²) in [7, 11) is 0. The third-order valence-corrected chi connectivity index (χ3v) is 2.53. The van der Waals surface area contributed by atoms with Gasteiger partial charge in [0.25, 0.3) is 0 Å². The number of oxime groups is 1. The van der Waals surface area contributed by atoms with E-state index in [1.807, 2.05) is 6.07 Å². The van der Waals surface area contributed by atoms with E-state index in [2.05, 4.69) is 15.1 Å². The van der Waals surface area contributed by atoms with Gasteiger partial charge in [-0.2, -0.15) is 0 Å². The number of rotatable bonds is 2. The Kier molecular flexibility index (Phi) is 3.35. The summed E-state index contributed by atoms with van der Waals surface area (Å²) < 4.78 is 0. The lowest BCUT2D eigenvalue weighted by molar-refractivity contribution is 0.319. The van der Waals surface area contributed by atoms with Gasteiger partial charge in [0.2, 0.25) is 0 Å². The fourth-order valence-corrected chi connectivity index (χ4v) is 1.66. The van der Waals surface area contributed by atoms with Crippen molar-refractivity contribution in [3.63, 3.8) is 0 Å². The molecule has 0 bridgehead atoms. The first-order chi connectivity index (χ1) is 8.22. The van der Waals surface area contributed by atoms with Gasteiger partial charge in [0.05, 0.1) is 11.4 Å². The zero-order chi connectivity index (χ0) is 12.3. The summed E-state index contributed by atoms with van der Waals surface area (Å²) in [6, 6.07) is 7.10. The van der Waals surface area contributed by atoms with Crippen LogP contribution >= 0.6 is 11.6 Å². The molecule has 2 heterocycles. The van der Waals surface area contributed by atoms with Crippen LogP contribution in [0.4, 0.5) is 0 Å². The fraction of sp³-hybridized carbons (Fsp3) is 0.0833. The minimum Gasteiger partial charge on any atom is -0.411 e. The fourth-order valence-electron chi connectivity index (χ4n) is 1.50. The van der Waals surface area contributed by atoms with Crippen LogP contribution in [0.2, 0.25) is 5.02 Å². The second-order valence-electron chi connectivity index (χ2n) is 3.44. The van der Waals surface area contributed by atoms with Crippen LogP contribution in [-0.2, 0) is 0 Å². The first-order valence-electron chi connectivity index (χ1n) is 4.98. The maximum absolute atomic E-state index is 8.82. The average Bonchev–Trinajstić information content (AvgIpc) is 2.38. The van der Waals surface area contributed by atoms with E-state index < -0.39 is 0 Å². The van der Waals surface area contributed by atoms with Crippen molar-refractivity contribution >= 4 is 17.3 Å². The van der Waals surface area contributed by atoms with E-state index in [-0.39, 0.29) is 0 Å². The van der Waals surface area contributed by atoms with Gasteiger partial charge >= 0.3 is 0 Å². The molecular weight excluding hydrogens is 238 g/mol. The SMILES string of the molecule is C/C(=N\O)c1ncccc1-c1cc(Cl)ccn1. The molecule has 0 aliphatic rings. The predicted octanol–water partition coefficient (Wildman–Crippen LogP) is 3.00.